The SMILES string of the molecule is Cc1ccc(NC(=O)c2cccc(C)c2Br)cc1[N+](=O)[O-]. The van der Waals surface area contributed by atoms with Crippen LogP contribution in [-0.4, -0.2) is 10.8 Å². The Balaban J connectivity index is 2.30. The summed E-state index contributed by atoms with van der Waals surface area (Å²) >= 11 is 3.37. The van der Waals surface area contributed by atoms with Crippen molar-refractivity contribution in [1.29, 1.82) is 0 Å². The van der Waals surface area contributed by atoms with E-state index in [0.717, 1.165) is 5.56 Å². The third-order valence-corrected chi connectivity index (χ3v) is 4.15. The molecule has 2 aromatic carbocycles. The number of benzene rings is 2. The molecule has 0 unspecified atom stereocenters. The van der Waals surface area contributed by atoms with E-state index in [1.807, 2.05) is 13.0 Å². The maximum atomic E-state index is 12.2. The Kier molecular flexibility index (Phi) is 4.37. The van der Waals surface area contributed by atoms with E-state index in [4.69, 9.17) is 0 Å². The van der Waals surface area contributed by atoms with Crippen LogP contribution >= 0.6 is 15.9 Å². The average molecular weight is 349 g/mol. The molecule has 108 valence electrons. The van der Waals surface area contributed by atoms with Gasteiger partial charge in [-0.25, -0.2) is 0 Å². The van der Waals surface area contributed by atoms with Gasteiger partial charge in [-0.2, -0.15) is 0 Å². The molecule has 0 fully saturated rings. The fourth-order valence-corrected chi connectivity index (χ4v) is 2.35. The van der Waals surface area contributed by atoms with Crippen molar-refractivity contribution in [3.8, 4) is 0 Å². The summed E-state index contributed by atoms with van der Waals surface area (Å²) in [5, 5.41) is 13.6. The number of hydrogen-bond donors (Lipinski definition) is 1. The van der Waals surface area contributed by atoms with Gasteiger partial charge in [-0.1, -0.05) is 18.2 Å². The van der Waals surface area contributed by atoms with Gasteiger partial charge in [0.05, 0.1) is 10.5 Å². The topological polar surface area (TPSA) is 72.2 Å². The monoisotopic (exact) mass is 348 g/mol. The minimum atomic E-state index is -0.465. The van der Waals surface area contributed by atoms with Crippen molar-refractivity contribution < 1.29 is 9.72 Å². The van der Waals surface area contributed by atoms with Gasteiger partial charge in [-0.3, -0.25) is 14.9 Å². The van der Waals surface area contributed by atoms with Crippen molar-refractivity contribution in [2.24, 2.45) is 0 Å². The maximum absolute atomic E-state index is 12.2. The molecule has 1 amide bonds. The predicted molar refractivity (Wildman–Crippen MR) is 84.7 cm³/mol. The van der Waals surface area contributed by atoms with E-state index in [1.54, 1.807) is 31.2 Å². The Bertz CT molecular complexity index is 729. The molecule has 21 heavy (non-hydrogen) atoms. The van der Waals surface area contributed by atoms with Gasteiger partial charge < -0.3 is 5.32 Å². The highest BCUT2D eigenvalue weighted by molar-refractivity contribution is 9.10. The highest BCUT2D eigenvalue weighted by Crippen LogP contribution is 2.25. The Labute approximate surface area is 130 Å². The number of nitro benzene ring substituents is 1. The van der Waals surface area contributed by atoms with E-state index in [-0.39, 0.29) is 11.6 Å². The zero-order valence-corrected chi connectivity index (χ0v) is 13.1. The number of halogens is 1. The summed E-state index contributed by atoms with van der Waals surface area (Å²) in [6.07, 6.45) is 0. The lowest BCUT2D eigenvalue weighted by Gasteiger charge is -2.09. The summed E-state index contributed by atoms with van der Waals surface area (Å²) in [5.74, 6) is -0.316. The second-order valence-electron chi connectivity index (χ2n) is 4.65. The lowest BCUT2D eigenvalue weighted by Crippen LogP contribution is -2.13. The summed E-state index contributed by atoms with van der Waals surface area (Å²) in [6.45, 7) is 3.54. The number of carbonyl (C=O) groups is 1. The van der Waals surface area contributed by atoms with E-state index in [2.05, 4.69) is 21.2 Å². The summed E-state index contributed by atoms with van der Waals surface area (Å²) in [7, 11) is 0. The van der Waals surface area contributed by atoms with Gasteiger partial charge in [0.1, 0.15) is 0 Å². The number of nitro groups is 1. The first kappa shape index (κ1) is 15.2. The highest BCUT2D eigenvalue weighted by atomic mass is 79.9. The minimum absolute atomic E-state index is 0.0175. The number of aryl methyl sites for hydroxylation is 2. The van der Waals surface area contributed by atoms with Gasteiger partial charge in [0.15, 0.2) is 0 Å². The van der Waals surface area contributed by atoms with E-state index >= 15 is 0 Å². The number of carbonyl (C=O) groups excluding carboxylic acids is 1. The number of nitrogens with zero attached hydrogens (tertiary/aromatic N) is 1. The standard InChI is InChI=1S/C15H13BrN2O3/c1-9-6-7-11(8-13(9)18(20)21)17-15(19)12-5-3-4-10(2)14(12)16/h3-8H,1-2H3,(H,17,19). The summed E-state index contributed by atoms with van der Waals surface area (Å²) in [5.41, 5.74) is 2.35. The molecule has 0 aromatic heterocycles. The molecule has 0 heterocycles. The largest absolute Gasteiger partial charge is 0.322 e. The molecule has 0 aliphatic carbocycles. The molecule has 0 saturated carbocycles. The second kappa shape index (κ2) is 6.05. The number of rotatable bonds is 3. The third-order valence-electron chi connectivity index (χ3n) is 3.10. The van der Waals surface area contributed by atoms with E-state index in [1.165, 1.54) is 6.07 Å². The molecule has 1 N–H and O–H groups in total. The molecule has 5 nitrogen and oxygen atoms in total. The summed E-state index contributed by atoms with van der Waals surface area (Å²) in [4.78, 5) is 22.7. The normalized spacial score (nSPS) is 10.2. The van der Waals surface area contributed by atoms with Crippen LogP contribution in [0.25, 0.3) is 0 Å². The molecule has 0 bridgehead atoms. The molecule has 0 aliphatic heterocycles. The van der Waals surface area contributed by atoms with Crippen molar-refractivity contribution in [2.75, 3.05) is 5.32 Å². The van der Waals surface area contributed by atoms with E-state index < -0.39 is 4.92 Å². The molecular weight excluding hydrogens is 336 g/mol. The first-order valence-electron chi connectivity index (χ1n) is 6.21. The van der Waals surface area contributed by atoms with Crippen LogP contribution in [0, 0.1) is 24.0 Å². The van der Waals surface area contributed by atoms with Crippen LogP contribution in [-0.2, 0) is 0 Å². The van der Waals surface area contributed by atoms with Crippen LogP contribution in [0.5, 0.6) is 0 Å². The van der Waals surface area contributed by atoms with Crippen LogP contribution in [0.4, 0.5) is 11.4 Å². The Morgan fingerprint density at radius 1 is 1.19 bits per heavy atom. The number of amides is 1. The van der Waals surface area contributed by atoms with Crippen molar-refractivity contribution >= 4 is 33.2 Å². The average Bonchev–Trinajstić information content (AvgIpc) is 2.43. The Hall–Kier alpha value is -2.21. The van der Waals surface area contributed by atoms with Gasteiger partial charge in [-0.05, 0) is 47.5 Å². The maximum Gasteiger partial charge on any atom is 0.274 e. The van der Waals surface area contributed by atoms with E-state index in [0.29, 0.717) is 21.3 Å². The predicted octanol–water partition coefficient (Wildman–Crippen LogP) is 4.23. The van der Waals surface area contributed by atoms with Crippen LogP contribution in [0.1, 0.15) is 21.5 Å². The van der Waals surface area contributed by atoms with Gasteiger partial charge >= 0.3 is 0 Å². The summed E-state index contributed by atoms with van der Waals surface area (Å²) in [6, 6.07) is 9.97. The van der Waals surface area contributed by atoms with Crippen molar-refractivity contribution in [1.82, 2.24) is 0 Å². The second-order valence-corrected chi connectivity index (χ2v) is 5.44. The van der Waals surface area contributed by atoms with Gasteiger partial charge in [-0.15, -0.1) is 0 Å². The molecule has 0 aliphatic rings. The Morgan fingerprint density at radius 2 is 1.90 bits per heavy atom. The molecule has 0 radical (unpaired) electrons. The van der Waals surface area contributed by atoms with Crippen LogP contribution in [0.2, 0.25) is 0 Å². The fraction of sp³-hybridized carbons (Fsp3) is 0.133. The zero-order chi connectivity index (χ0) is 15.6. The molecule has 2 aromatic rings. The minimum Gasteiger partial charge on any atom is -0.322 e. The molecule has 6 heteroatoms. The molecule has 2 rings (SSSR count). The lowest BCUT2D eigenvalue weighted by molar-refractivity contribution is -0.385. The highest BCUT2D eigenvalue weighted by Gasteiger charge is 2.15. The molecular formula is C15H13BrN2O3. The van der Waals surface area contributed by atoms with Gasteiger partial charge in [0, 0.05) is 21.8 Å². The first-order chi connectivity index (χ1) is 9.90. The van der Waals surface area contributed by atoms with Gasteiger partial charge in [0.25, 0.3) is 11.6 Å². The van der Waals surface area contributed by atoms with E-state index in [9.17, 15) is 14.9 Å². The van der Waals surface area contributed by atoms with Gasteiger partial charge in [0.2, 0.25) is 0 Å². The van der Waals surface area contributed by atoms with Crippen LogP contribution < -0.4 is 5.32 Å². The fourth-order valence-electron chi connectivity index (χ4n) is 1.91. The number of hydrogen-bond acceptors (Lipinski definition) is 3. The number of nitrogens with one attached hydrogen (secondary N) is 1. The molecule has 0 saturated heterocycles. The first-order valence-corrected chi connectivity index (χ1v) is 7.01. The van der Waals surface area contributed by atoms with Crippen LogP contribution in [0.15, 0.2) is 40.9 Å². The Morgan fingerprint density at radius 3 is 2.57 bits per heavy atom. The molecule has 0 spiro atoms. The smallest absolute Gasteiger partial charge is 0.274 e. The third kappa shape index (κ3) is 3.28. The van der Waals surface area contributed by atoms with Crippen molar-refractivity contribution in [3.05, 3.63) is 67.7 Å². The zero-order valence-electron chi connectivity index (χ0n) is 11.5. The molecule has 0 atom stereocenters. The lowest BCUT2D eigenvalue weighted by atomic mass is 10.1. The van der Waals surface area contributed by atoms with Crippen molar-refractivity contribution in [3.63, 3.8) is 0 Å². The summed E-state index contributed by atoms with van der Waals surface area (Å²) < 4.78 is 0.712. The quantitative estimate of drug-likeness (QED) is 0.666. The number of anilines is 1. The van der Waals surface area contributed by atoms with Crippen LogP contribution in [0.3, 0.4) is 0 Å². The van der Waals surface area contributed by atoms with Crippen molar-refractivity contribution in [2.45, 2.75) is 13.8 Å².